The van der Waals surface area contributed by atoms with E-state index in [4.69, 9.17) is 10.5 Å². The van der Waals surface area contributed by atoms with Gasteiger partial charge in [0.1, 0.15) is 6.61 Å². The zero-order valence-electron chi connectivity index (χ0n) is 9.73. The Morgan fingerprint density at radius 3 is 2.69 bits per heavy atom. The lowest BCUT2D eigenvalue weighted by Crippen LogP contribution is -2.44. The second-order valence-electron chi connectivity index (χ2n) is 4.56. The zero-order valence-corrected chi connectivity index (χ0v) is 9.73. The Morgan fingerprint density at radius 2 is 2.00 bits per heavy atom. The van der Waals surface area contributed by atoms with Crippen molar-refractivity contribution in [3.63, 3.8) is 0 Å². The molecule has 2 fully saturated rings. The van der Waals surface area contributed by atoms with Crippen molar-refractivity contribution in [2.45, 2.75) is 25.3 Å². The largest absolute Gasteiger partial charge is 0.447 e. The normalized spacial score (nSPS) is 27.2. The molecule has 0 aliphatic carbocycles. The first-order chi connectivity index (χ1) is 7.81. The average molecular weight is 227 g/mol. The topological polar surface area (TPSA) is 58.8 Å². The van der Waals surface area contributed by atoms with Gasteiger partial charge in [-0.15, -0.1) is 0 Å². The summed E-state index contributed by atoms with van der Waals surface area (Å²) in [5.41, 5.74) is 5.61. The van der Waals surface area contributed by atoms with Gasteiger partial charge >= 0.3 is 6.09 Å². The third-order valence-electron chi connectivity index (χ3n) is 3.45. The number of rotatable bonds is 4. The summed E-state index contributed by atoms with van der Waals surface area (Å²) in [5, 5.41) is 0. The molecule has 1 atom stereocenters. The molecule has 2 aliphatic heterocycles. The fraction of sp³-hybridized carbons (Fsp3) is 0.909. The van der Waals surface area contributed by atoms with Gasteiger partial charge in [-0.1, -0.05) is 6.42 Å². The molecular weight excluding hydrogens is 206 g/mol. The zero-order chi connectivity index (χ0) is 11.4. The molecule has 2 heterocycles. The van der Waals surface area contributed by atoms with Crippen molar-refractivity contribution in [1.29, 1.82) is 0 Å². The summed E-state index contributed by atoms with van der Waals surface area (Å²) in [6.45, 7) is 4.97. The van der Waals surface area contributed by atoms with Crippen LogP contribution in [0.4, 0.5) is 4.79 Å². The van der Waals surface area contributed by atoms with Crippen LogP contribution in [0, 0.1) is 0 Å². The molecule has 16 heavy (non-hydrogen) atoms. The Kier molecular flexibility index (Phi) is 4.01. The monoisotopic (exact) mass is 227 g/mol. The van der Waals surface area contributed by atoms with E-state index in [9.17, 15) is 4.79 Å². The van der Waals surface area contributed by atoms with E-state index in [1.165, 1.54) is 19.3 Å². The summed E-state index contributed by atoms with van der Waals surface area (Å²) < 4.78 is 5.00. The number of carbonyl (C=O) groups excluding carboxylic acids is 1. The molecule has 5 nitrogen and oxygen atoms in total. The summed E-state index contributed by atoms with van der Waals surface area (Å²) in [7, 11) is 0. The van der Waals surface area contributed by atoms with E-state index in [0.29, 0.717) is 13.2 Å². The number of carbonyl (C=O) groups is 1. The number of hydrogen-bond donors (Lipinski definition) is 1. The van der Waals surface area contributed by atoms with Gasteiger partial charge in [-0.05, 0) is 25.9 Å². The van der Waals surface area contributed by atoms with Gasteiger partial charge in [0.2, 0.25) is 0 Å². The molecule has 2 rings (SSSR count). The van der Waals surface area contributed by atoms with Gasteiger partial charge in [-0.2, -0.15) is 0 Å². The van der Waals surface area contributed by atoms with Crippen molar-refractivity contribution in [1.82, 2.24) is 9.80 Å². The van der Waals surface area contributed by atoms with Crippen molar-refractivity contribution in [2.75, 3.05) is 39.3 Å². The molecule has 0 saturated carbocycles. The van der Waals surface area contributed by atoms with Gasteiger partial charge in [-0.25, -0.2) is 4.79 Å². The van der Waals surface area contributed by atoms with Crippen molar-refractivity contribution < 1.29 is 9.53 Å². The highest BCUT2D eigenvalue weighted by Crippen LogP contribution is 2.13. The van der Waals surface area contributed by atoms with Crippen LogP contribution in [0.5, 0.6) is 0 Å². The summed E-state index contributed by atoms with van der Waals surface area (Å²) >= 11 is 0. The maximum absolute atomic E-state index is 11.4. The molecule has 0 aromatic heterocycles. The first kappa shape index (κ1) is 11.7. The van der Waals surface area contributed by atoms with Crippen molar-refractivity contribution in [2.24, 2.45) is 5.73 Å². The molecule has 1 amide bonds. The number of nitrogens with two attached hydrogens (primary N) is 1. The molecule has 5 heteroatoms. The van der Waals surface area contributed by atoms with Gasteiger partial charge < -0.3 is 15.4 Å². The summed E-state index contributed by atoms with van der Waals surface area (Å²) in [4.78, 5) is 15.6. The fourth-order valence-corrected chi connectivity index (χ4v) is 2.39. The minimum Gasteiger partial charge on any atom is -0.447 e. The van der Waals surface area contributed by atoms with Crippen LogP contribution in [-0.4, -0.2) is 61.3 Å². The number of cyclic esters (lactones) is 1. The van der Waals surface area contributed by atoms with E-state index in [2.05, 4.69) is 4.90 Å². The molecule has 0 aromatic carbocycles. The predicted octanol–water partition coefficient (Wildman–Crippen LogP) is 0.252. The highest BCUT2D eigenvalue weighted by molar-refractivity contribution is 5.70. The maximum atomic E-state index is 11.4. The fourth-order valence-electron chi connectivity index (χ4n) is 2.39. The molecule has 2 N–H and O–H groups in total. The number of nitrogens with zero attached hydrogens (tertiary/aromatic N) is 2. The van der Waals surface area contributed by atoms with Crippen LogP contribution in [0.1, 0.15) is 19.3 Å². The van der Waals surface area contributed by atoms with E-state index in [1.54, 1.807) is 4.90 Å². The Balaban J connectivity index is 1.77. The molecular formula is C11H21N3O2. The third-order valence-corrected chi connectivity index (χ3v) is 3.45. The van der Waals surface area contributed by atoms with Gasteiger partial charge in [-0.3, -0.25) is 4.90 Å². The molecule has 1 unspecified atom stereocenters. The van der Waals surface area contributed by atoms with Crippen LogP contribution in [-0.2, 0) is 4.74 Å². The lowest BCUT2D eigenvalue weighted by atomic mass is 10.1. The predicted molar refractivity (Wildman–Crippen MR) is 61.2 cm³/mol. The summed E-state index contributed by atoms with van der Waals surface area (Å²) in [6.07, 6.45) is 3.70. The van der Waals surface area contributed by atoms with E-state index < -0.39 is 0 Å². The van der Waals surface area contributed by atoms with Gasteiger partial charge in [0, 0.05) is 19.6 Å². The van der Waals surface area contributed by atoms with E-state index in [0.717, 1.165) is 26.2 Å². The van der Waals surface area contributed by atoms with Crippen LogP contribution in [0.25, 0.3) is 0 Å². The lowest BCUT2D eigenvalue weighted by molar-refractivity contribution is 0.148. The molecule has 0 radical (unpaired) electrons. The first-order valence-electron chi connectivity index (χ1n) is 6.17. The summed E-state index contributed by atoms with van der Waals surface area (Å²) in [5.74, 6) is 0. The third kappa shape index (κ3) is 2.65. The van der Waals surface area contributed by atoms with Crippen LogP contribution >= 0.6 is 0 Å². The van der Waals surface area contributed by atoms with E-state index >= 15 is 0 Å². The lowest BCUT2D eigenvalue weighted by Gasteiger charge is -2.29. The van der Waals surface area contributed by atoms with Gasteiger partial charge in [0.25, 0.3) is 0 Å². The van der Waals surface area contributed by atoms with Crippen molar-refractivity contribution in [3.05, 3.63) is 0 Å². The Labute approximate surface area is 96.5 Å². The maximum Gasteiger partial charge on any atom is 0.410 e. The molecule has 2 saturated heterocycles. The minimum atomic E-state index is -0.201. The Bertz CT molecular complexity index is 241. The van der Waals surface area contributed by atoms with Crippen LogP contribution in [0.3, 0.4) is 0 Å². The molecule has 0 bridgehead atoms. The standard InChI is InChI=1S/C11H21N3O2/c12-8-10-9-16-11(15)14(10)7-6-13-4-2-1-3-5-13/h10H,1-9,12H2. The number of amides is 1. The SMILES string of the molecule is NCC1COC(=O)N1CCN1CCCCC1. The number of hydrogen-bond acceptors (Lipinski definition) is 4. The van der Waals surface area contributed by atoms with Gasteiger partial charge in [0.15, 0.2) is 0 Å². The van der Waals surface area contributed by atoms with Gasteiger partial charge in [0.05, 0.1) is 6.04 Å². The summed E-state index contributed by atoms with van der Waals surface area (Å²) in [6, 6.07) is 0.0808. The number of piperidine rings is 1. The first-order valence-corrected chi connectivity index (χ1v) is 6.17. The number of likely N-dealkylation sites (tertiary alicyclic amines) is 1. The average Bonchev–Trinajstić information content (AvgIpc) is 2.69. The van der Waals surface area contributed by atoms with Crippen LogP contribution in [0.15, 0.2) is 0 Å². The highest BCUT2D eigenvalue weighted by atomic mass is 16.6. The molecule has 2 aliphatic rings. The van der Waals surface area contributed by atoms with Crippen molar-refractivity contribution in [3.8, 4) is 0 Å². The smallest absolute Gasteiger partial charge is 0.410 e. The Hall–Kier alpha value is -0.810. The number of ether oxygens (including phenoxy) is 1. The highest BCUT2D eigenvalue weighted by Gasteiger charge is 2.31. The van der Waals surface area contributed by atoms with E-state index in [1.807, 2.05) is 0 Å². The van der Waals surface area contributed by atoms with Crippen molar-refractivity contribution >= 4 is 6.09 Å². The molecule has 0 spiro atoms. The molecule has 0 aromatic rings. The van der Waals surface area contributed by atoms with Crippen LogP contribution in [0.2, 0.25) is 0 Å². The van der Waals surface area contributed by atoms with E-state index in [-0.39, 0.29) is 12.1 Å². The Morgan fingerprint density at radius 1 is 1.25 bits per heavy atom. The second-order valence-corrected chi connectivity index (χ2v) is 4.56. The van der Waals surface area contributed by atoms with Crippen LogP contribution < -0.4 is 5.73 Å². The molecule has 92 valence electrons. The minimum absolute atomic E-state index is 0.0808. The quantitative estimate of drug-likeness (QED) is 0.748. The second kappa shape index (κ2) is 5.50.